The molecule has 0 aliphatic heterocycles. The molecule has 0 amide bonds. The minimum atomic E-state index is -2.94. The van der Waals surface area contributed by atoms with E-state index >= 15 is 0 Å². The van der Waals surface area contributed by atoms with Crippen LogP contribution in [0.3, 0.4) is 0 Å². The van der Waals surface area contributed by atoms with Crippen molar-refractivity contribution in [2.45, 2.75) is 25.0 Å². The SMILES string of the molecule is C[O][Ge]([O]C)([O]C)[C](C)(C)C. The minimum absolute atomic E-state index is 0.0156. The maximum atomic E-state index is 5.34. The topological polar surface area (TPSA) is 27.7 Å². The molecule has 3 nitrogen and oxygen atoms in total. The van der Waals surface area contributed by atoms with E-state index in [0.717, 1.165) is 0 Å². The normalized spacial score (nSPS) is 13.6. The van der Waals surface area contributed by atoms with E-state index < -0.39 is 14.3 Å². The molecule has 0 unspecified atom stereocenters. The fourth-order valence-corrected chi connectivity index (χ4v) is 6.07. The Morgan fingerprint density at radius 2 is 1.09 bits per heavy atom. The monoisotopic (exact) mass is 224 g/mol. The molecule has 0 heterocycles. The molecule has 0 aliphatic carbocycles. The van der Waals surface area contributed by atoms with E-state index in [9.17, 15) is 0 Å². The molecule has 11 heavy (non-hydrogen) atoms. The summed E-state index contributed by atoms with van der Waals surface area (Å²) < 4.78 is 16.0. The fraction of sp³-hybridized carbons (Fsp3) is 1.00. The standard InChI is InChI=1S/C7H18GeO3/c1-7(2,3)8(9-4,10-5)11-6/h1-6H3. The van der Waals surface area contributed by atoms with Gasteiger partial charge in [-0.1, -0.05) is 0 Å². The van der Waals surface area contributed by atoms with Gasteiger partial charge in [-0.15, -0.1) is 0 Å². The Morgan fingerprint density at radius 1 is 0.818 bits per heavy atom. The predicted molar refractivity (Wildman–Crippen MR) is 46.5 cm³/mol. The van der Waals surface area contributed by atoms with Gasteiger partial charge in [-0.3, -0.25) is 0 Å². The first-order valence-electron chi connectivity index (χ1n) is 3.59. The van der Waals surface area contributed by atoms with Crippen LogP contribution < -0.4 is 0 Å². The van der Waals surface area contributed by atoms with E-state index in [2.05, 4.69) is 20.8 Å². The first-order chi connectivity index (χ1) is 4.93. The van der Waals surface area contributed by atoms with Crippen LogP contribution in [-0.2, 0) is 11.3 Å². The van der Waals surface area contributed by atoms with Crippen molar-refractivity contribution in [3.05, 3.63) is 0 Å². The third-order valence-electron chi connectivity index (χ3n) is 1.72. The van der Waals surface area contributed by atoms with Crippen LogP contribution in [0.2, 0.25) is 4.25 Å². The Hall–Kier alpha value is 0.423. The van der Waals surface area contributed by atoms with Crippen molar-refractivity contribution < 1.29 is 11.3 Å². The molecule has 0 radical (unpaired) electrons. The summed E-state index contributed by atoms with van der Waals surface area (Å²) in [6.07, 6.45) is 0. The quantitative estimate of drug-likeness (QED) is 0.680. The van der Waals surface area contributed by atoms with Crippen molar-refractivity contribution in [3.8, 4) is 0 Å². The van der Waals surface area contributed by atoms with Crippen molar-refractivity contribution in [1.29, 1.82) is 0 Å². The zero-order valence-corrected chi connectivity index (χ0v) is 10.3. The summed E-state index contributed by atoms with van der Waals surface area (Å²) in [6.45, 7) is 6.22. The van der Waals surface area contributed by atoms with E-state index in [-0.39, 0.29) is 4.25 Å². The average molecular weight is 223 g/mol. The molecule has 0 saturated heterocycles. The van der Waals surface area contributed by atoms with Crippen LogP contribution in [0.4, 0.5) is 0 Å². The summed E-state index contributed by atoms with van der Waals surface area (Å²) in [5.41, 5.74) is 0. The summed E-state index contributed by atoms with van der Waals surface area (Å²) in [4.78, 5) is 0. The summed E-state index contributed by atoms with van der Waals surface area (Å²) >= 11 is -2.94. The van der Waals surface area contributed by atoms with Gasteiger partial charge in [-0.05, 0) is 0 Å². The Kier molecular flexibility index (Phi) is 4.04. The first-order valence-corrected chi connectivity index (χ1v) is 7.21. The van der Waals surface area contributed by atoms with Gasteiger partial charge in [-0.25, -0.2) is 0 Å². The van der Waals surface area contributed by atoms with Crippen molar-refractivity contribution in [3.63, 3.8) is 0 Å². The van der Waals surface area contributed by atoms with Crippen molar-refractivity contribution in [1.82, 2.24) is 0 Å². The van der Waals surface area contributed by atoms with E-state index in [4.69, 9.17) is 11.3 Å². The van der Waals surface area contributed by atoms with Crippen LogP contribution in [0.25, 0.3) is 0 Å². The van der Waals surface area contributed by atoms with E-state index in [1.165, 1.54) is 0 Å². The first kappa shape index (κ1) is 11.4. The van der Waals surface area contributed by atoms with Gasteiger partial charge in [-0.2, -0.15) is 0 Å². The van der Waals surface area contributed by atoms with Gasteiger partial charge < -0.3 is 0 Å². The molecule has 0 aromatic rings. The maximum absolute atomic E-state index is 5.34. The molecule has 4 heteroatoms. The van der Waals surface area contributed by atoms with Gasteiger partial charge in [0.05, 0.1) is 0 Å². The van der Waals surface area contributed by atoms with Gasteiger partial charge in [0, 0.05) is 0 Å². The van der Waals surface area contributed by atoms with Gasteiger partial charge in [0.15, 0.2) is 0 Å². The summed E-state index contributed by atoms with van der Waals surface area (Å²) in [5, 5.41) is 0. The number of hydrogen-bond acceptors (Lipinski definition) is 3. The molecule has 0 aromatic carbocycles. The van der Waals surface area contributed by atoms with Gasteiger partial charge in [0.1, 0.15) is 0 Å². The van der Waals surface area contributed by atoms with Crippen LogP contribution in [0.5, 0.6) is 0 Å². The molecule has 0 aromatic heterocycles. The summed E-state index contributed by atoms with van der Waals surface area (Å²) in [5.74, 6) is 0. The Balaban J connectivity index is 4.54. The molecular weight excluding hydrogens is 205 g/mol. The molecule has 0 N–H and O–H groups in total. The molecule has 0 saturated carbocycles. The van der Waals surface area contributed by atoms with E-state index in [1.807, 2.05) is 0 Å². The number of rotatable bonds is 3. The van der Waals surface area contributed by atoms with E-state index in [0.29, 0.717) is 0 Å². The summed E-state index contributed by atoms with van der Waals surface area (Å²) in [7, 11) is 4.95. The van der Waals surface area contributed by atoms with Crippen LogP contribution in [-0.4, -0.2) is 35.6 Å². The molecule has 0 atom stereocenters. The molecule has 0 aliphatic rings. The second-order valence-electron chi connectivity index (χ2n) is 3.42. The van der Waals surface area contributed by atoms with Crippen molar-refractivity contribution in [2.24, 2.45) is 0 Å². The van der Waals surface area contributed by atoms with Gasteiger partial charge in [0.25, 0.3) is 0 Å². The Labute approximate surface area is 72.4 Å². The van der Waals surface area contributed by atoms with Crippen LogP contribution in [0, 0.1) is 0 Å². The van der Waals surface area contributed by atoms with Crippen LogP contribution >= 0.6 is 0 Å². The van der Waals surface area contributed by atoms with Crippen molar-refractivity contribution >= 4 is 14.3 Å². The third kappa shape index (κ3) is 2.18. The van der Waals surface area contributed by atoms with Crippen molar-refractivity contribution in [2.75, 3.05) is 21.3 Å². The van der Waals surface area contributed by atoms with E-state index in [1.54, 1.807) is 21.3 Å². The zero-order chi connectivity index (χ0) is 9.12. The van der Waals surface area contributed by atoms with Crippen LogP contribution in [0.15, 0.2) is 0 Å². The molecule has 0 bridgehead atoms. The molecular formula is C7H18GeO3. The Bertz CT molecular complexity index is 107. The van der Waals surface area contributed by atoms with Gasteiger partial charge in [0.2, 0.25) is 0 Å². The second kappa shape index (κ2) is 3.89. The van der Waals surface area contributed by atoms with Gasteiger partial charge >= 0.3 is 71.9 Å². The molecule has 0 spiro atoms. The molecule has 0 fully saturated rings. The zero-order valence-electron chi connectivity index (χ0n) is 8.22. The molecule has 68 valence electrons. The third-order valence-corrected chi connectivity index (χ3v) is 8.96. The molecule has 0 rings (SSSR count). The predicted octanol–water partition coefficient (Wildman–Crippen LogP) is 1.66. The number of hydrogen-bond donors (Lipinski definition) is 0. The summed E-state index contributed by atoms with van der Waals surface area (Å²) in [6, 6.07) is 0. The Morgan fingerprint density at radius 3 is 1.09 bits per heavy atom. The average Bonchev–Trinajstić information content (AvgIpc) is 1.90. The second-order valence-corrected chi connectivity index (χ2v) is 11.5. The van der Waals surface area contributed by atoms with Crippen LogP contribution in [0.1, 0.15) is 20.8 Å². The fourth-order valence-electron chi connectivity index (χ4n) is 1.17.